The molecule has 0 aliphatic heterocycles. The zero-order valence-corrected chi connectivity index (χ0v) is 12.9. The lowest BCUT2D eigenvalue weighted by atomic mass is 9.82. The molecular formula is C14H22O7. The average Bonchev–Trinajstić information content (AvgIpc) is 2.40. The molecule has 0 bridgehead atoms. The molecule has 0 saturated carbocycles. The minimum atomic E-state index is -2.24. The second kappa shape index (κ2) is 9.10. The topological polar surface area (TPSA) is 96.0 Å². The molecule has 0 rings (SSSR count). The van der Waals surface area contributed by atoms with Gasteiger partial charge in [-0.1, -0.05) is 0 Å². The Labute approximate surface area is 123 Å². The fourth-order valence-electron chi connectivity index (χ4n) is 1.68. The normalized spacial score (nSPS) is 10.7. The fraction of sp³-hybridized carbons (Fsp3) is 0.714. The van der Waals surface area contributed by atoms with Crippen LogP contribution in [0.3, 0.4) is 0 Å². The Hall–Kier alpha value is -1.92. The third-order valence-electron chi connectivity index (χ3n) is 2.72. The van der Waals surface area contributed by atoms with Gasteiger partial charge in [0.25, 0.3) is 5.41 Å². The maximum Gasteiger partial charge on any atom is 0.335 e. The second-order valence-corrected chi connectivity index (χ2v) is 4.27. The highest BCUT2D eigenvalue weighted by atomic mass is 16.6. The summed E-state index contributed by atoms with van der Waals surface area (Å²) in [5.74, 6) is -3.42. The number of ether oxygens (including phenoxy) is 3. The number of hydrogen-bond donors (Lipinski definition) is 0. The maximum atomic E-state index is 12.2. The first-order chi connectivity index (χ1) is 9.86. The molecule has 21 heavy (non-hydrogen) atoms. The maximum absolute atomic E-state index is 12.2. The van der Waals surface area contributed by atoms with Crippen molar-refractivity contribution in [2.24, 2.45) is 5.41 Å². The zero-order valence-electron chi connectivity index (χ0n) is 12.9. The lowest BCUT2D eigenvalue weighted by Gasteiger charge is -2.26. The van der Waals surface area contributed by atoms with Crippen LogP contribution in [0.25, 0.3) is 0 Å². The molecule has 7 heteroatoms. The van der Waals surface area contributed by atoms with Gasteiger partial charge in [0.2, 0.25) is 0 Å². The van der Waals surface area contributed by atoms with E-state index >= 15 is 0 Å². The van der Waals surface area contributed by atoms with E-state index in [0.29, 0.717) is 0 Å². The summed E-state index contributed by atoms with van der Waals surface area (Å²) in [6, 6.07) is 0. The summed E-state index contributed by atoms with van der Waals surface area (Å²) in [7, 11) is 0. The number of rotatable bonds is 9. The number of esters is 3. The van der Waals surface area contributed by atoms with E-state index in [0.717, 1.165) is 0 Å². The summed E-state index contributed by atoms with van der Waals surface area (Å²) < 4.78 is 14.5. The standard InChI is InChI=1S/C14H22O7/c1-5-19-11(16)14(9-8-10(4)15,12(17)20-6-2)13(18)21-7-3/h5-9H2,1-4H3. The first-order valence-corrected chi connectivity index (χ1v) is 6.87. The van der Waals surface area contributed by atoms with Gasteiger partial charge in [0.15, 0.2) is 0 Å². The molecule has 0 N–H and O–H groups in total. The van der Waals surface area contributed by atoms with Crippen LogP contribution in [0, 0.1) is 5.41 Å². The number of ketones is 1. The van der Waals surface area contributed by atoms with E-state index in [9.17, 15) is 19.2 Å². The summed E-state index contributed by atoms with van der Waals surface area (Å²) in [5, 5.41) is 0. The van der Waals surface area contributed by atoms with E-state index in [1.807, 2.05) is 0 Å². The molecule has 0 aromatic heterocycles. The van der Waals surface area contributed by atoms with E-state index in [-0.39, 0.29) is 38.4 Å². The van der Waals surface area contributed by atoms with Crippen molar-refractivity contribution in [3.63, 3.8) is 0 Å². The van der Waals surface area contributed by atoms with Crippen LogP contribution < -0.4 is 0 Å². The first-order valence-electron chi connectivity index (χ1n) is 6.87. The molecule has 120 valence electrons. The Balaban J connectivity index is 5.67. The van der Waals surface area contributed by atoms with Gasteiger partial charge in [-0.25, -0.2) is 0 Å². The number of carbonyl (C=O) groups is 4. The predicted molar refractivity (Wildman–Crippen MR) is 72.2 cm³/mol. The Bertz CT molecular complexity index is 355. The molecule has 7 nitrogen and oxygen atoms in total. The smallest absolute Gasteiger partial charge is 0.335 e. The van der Waals surface area contributed by atoms with Crippen LogP contribution in [0.2, 0.25) is 0 Å². The van der Waals surface area contributed by atoms with Crippen molar-refractivity contribution in [1.29, 1.82) is 0 Å². The summed E-state index contributed by atoms with van der Waals surface area (Å²) in [5.41, 5.74) is -2.24. The summed E-state index contributed by atoms with van der Waals surface area (Å²) >= 11 is 0. The SMILES string of the molecule is CCOC(=O)C(CCC(C)=O)(C(=O)OCC)C(=O)OCC. The number of Topliss-reactive ketones (excluding diaryl/α,β-unsaturated/α-hetero) is 1. The van der Waals surface area contributed by atoms with Gasteiger partial charge in [-0.05, 0) is 34.1 Å². The third-order valence-corrected chi connectivity index (χ3v) is 2.72. The minimum Gasteiger partial charge on any atom is -0.465 e. The van der Waals surface area contributed by atoms with Crippen LogP contribution in [-0.2, 0) is 33.4 Å². The van der Waals surface area contributed by atoms with Gasteiger partial charge >= 0.3 is 17.9 Å². The van der Waals surface area contributed by atoms with Crippen molar-refractivity contribution in [2.75, 3.05) is 19.8 Å². The van der Waals surface area contributed by atoms with Crippen molar-refractivity contribution < 1.29 is 33.4 Å². The molecule has 0 saturated heterocycles. The Morgan fingerprint density at radius 1 is 0.762 bits per heavy atom. The van der Waals surface area contributed by atoms with Crippen molar-refractivity contribution in [1.82, 2.24) is 0 Å². The van der Waals surface area contributed by atoms with Crippen molar-refractivity contribution in [3.05, 3.63) is 0 Å². The molecule has 0 radical (unpaired) electrons. The highest BCUT2D eigenvalue weighted by Crippen LogP contribution is 2.30. The summed E-state index contributed by atoms with van der Waals surface area (Å²) in [6.45, 7) is 5.89. The zero-order chi connectivity index (χ0) is 16.5. The highest BCUT2D eigenvalue weighted by molar-refractivity contribution is 6.18. The molecule has 0 aliphatic carbocycles. The molecule has 0 fully saturated rings. The number of carbonyl (C=O) groups excluding carboxylic acids is 4. The van der Waals surface area contributed by atoms with E-state index in [4.69, 9.17) is 14.2 Å². The summed E-state index contributed by atoms with van der Waals surface area (Å²) in [6.07, 6.45) is -0.477. The van der Waals surface area contributed by atoms with E-state index in [1.54, 1.807) is 20.8 Å². The minimum absolute atomic E-state index is 0.0144. The molecular weight excluding hydrogens is 280 g/mol. The van der Waals surface area contributed by atoms with Crippen LogP contribution in [0.1, 0.15) is 40.5 Å². The average molecular weight is 302 g/mol. The number of hydrogen-bond acceptors (Lipinski definition) is 7. The monoisotopic (exact) mass is 302 g/mol. The van der Waals surface area contributed by atoms with Crippen LogP contribution in [0.4, 0.5) is 0 Å². The highest BCUT2D eigenvalue weighted by Gasteiger charge is 2.57. The van der Waals surface area contributed by atoms with Crippen molar-refractivity contribution in [2.45, 2.75) is 40.5 Å². The van der Waals surface area contributed by atoms with Gasteiger partial charge in [0.1, 0.15) is 5.78 Å². The van der Waals surface area contributed by atoms with Crippen molar-refractivity contribution in [3.8, 4) is 0 Å². The molecule has 0 spiro atoms. The predicted octanol–water partition coefficient (Wildman–Crippen LogP) is 1.03. The van der Waals surface area contributed by atoms with Gasteiger partial charge < -0.3 is 19.0 Å². The lowest BCUT2D eigenvalue weighted by Crippen LogP contribution is -2.49. The third kappa shape index (κ3) is 4.84. The molecule has 0 aromatic carbocycles. The van der Waals surface area contributed by atoms with Gasteiger partial charge in [-0.3, -0.25) is 14.4 Å². The van der Waals surface area contributed by atoms with Crippen molar-refractivity contribution >= 4 is 23.7 Å². The second-order valence-electron chi connectivity index (χ2n) is 4.27. The quantitative estimate of drug-likeness (QED) is 0.356. The fourth-order valence-corrected chi connectivity index (χ4v) is 1.68. The largest absolute Gasteiger partial charge is 0.465 e. The summed E-state index contributed by atoms with van der Waals surface area (Å²) in [4.78, 5) is 47.7. The van der Waals surface area contributed by atoms with Crippen LogP contribution in [0.15, 0.2) is 0 Å². The van der Waals surface area contributed by atoms with Gasteiger partial charge in [-0.2, -0.15) is 0 Å². The van der Waals surface area contributed by atoms with E-state index in [1.165, 1.54) is 6.92 Å². The Morgan fingerprint density at radius 2 is 1.10 bits per heavy atom. The van der Waals surface area contributed by atoms with E-state index < -0.39 is 23.3 Å². The first kappa shape index (κ1) is 19.1. The van der Waals surface area contributed by atoms with Crippen LogP contribution in [0.5, 0.6) is 0 Å². The Morgan fingerprint density at radius 3 is 1.33 bits per heavy atom. The van der Waals surface area contributed by atoms with Gasteiger partial charge in [0.05, 0.1) is 19.8 Å². The molecule has 0 heterocycles. The van der Waals surface area contributed by atoms with Gasteiger partial charge in [-0.15, -0.1) is 0 Å². The molecule has 0 aromatic rings. The van der Waals surface area contributed by atoms with Gasteiger partial charge in [0, 0.05) is 6.42 Å². The molecule has 0 amide bonds. The molecule has 0 aliphatic rings. The van der Waals surface area contributed by atoms with Crippen LogP contribution in [-0.4, -0.2) is 43.5 Å². The van der Waals surface area contributed by atoms with Crippen LogP contribution >= 0.6 is 0 Å². The van der Waals surface area contributed by atoms with E-state index in [2.05, 4.69) is 0 Å². The molecule has 0 atom stereocenters. The lowest BCUT2D eigenvalue weighted by molar-refractivity contribution is -0.184. The Kier molecular flexibility index (Phi) is 8.26. The molecule has 0 unspecified atom stereocenters.